The molecule has 9 heteroatoms. The van der Waals surface area contributed by atoms with Crippen LogP contribution in [-0.4, -0.2) is 72.1 Å². The smallest absolute Gasteiger partial charge is 0.159 e. The number of nitrogens with one attached hydrogen (secondary N) is 1. The van der Waals surface area contributed by atoms with Gasteiger partial charge in [0.2, 0.25) is 0 Å². The number of aromatic amines is 1. The number of hydrogen-bond acceptors (Lipinski definition) is 8. The van der Waals surface area contributed by atoms with Gasteiger partial charge in [0.15, 0.2) is 11.5 Å². The number of H-pyrrole nitrogens is 1. The van der Waals surface area contributed by atoms with E-state index in [4.69, 9.17) is 4.74 Å². The third kappa shape index (κ3) is 2.87. The van der Waals surface area contributed by atoms with Crippen LogP contribution in [0.5, 0.6) is 11.5 Å². The van der Waals surface area contributed by atoms with Crippen molar-refractivity contribution in [1.82, 2.24) is 4.98 Å². The van der Waals surface area contributed by atoms with Crippen LogP contribution in [0.1, 0.15) is 0 Å². The molecule has 7 N–H and O–H groups in total. The minimum absolute atomic E-state index is 0.260. The summed E-state index contributed by atoms with van der Waals surface area (Å²) in [7, 11) is 0. The van der Waals surface area contributed by atoms with E-state index in [0.717, 1.165) is 11.8 Å². The zero-order valence-corrected chi connectivity index (χ0v) is 12.6. The highest BCUT2D eigenvalue weighted by molar-refractivity contribution is 8.00. The number of phenols is 2. The molecule has 5 atom stereocenters. The normalized spacial score (nSPS) is 31.6. The lowest BCUT2D eigenvalue weighted by atomic mass is 10.0. The molecule has 1 saturated heterocycles. The van der Waals surface area contributed by atoms with E-state index in [1.807, 2.05) is 0 Å². The predicted octanol–water partition coefficient (Wildman–Crippen LogP) is -0.529. The monoisotopic (exact) mass is 343 g/mol. The van der Waals surface area contributed by atoms with Crippen LogP contribution in [0.25, 0.3) is 10.9 Å². The van der Waals surface area contributed by atoms with E-state index in [2.05, 4.69) is 4.98 Å². The second-order valence-electron chi connectivity index (χ2n) is 5.35. The number of ether oxygens (including phenoxy) is 1. The fraction of sp³-hybridized carbons (Fsp3) is 0.429. The summed E-state index contributed by atoms with van der Waals surface area (Å²) in [6.45, 7) is -0.495. The minimum atomic E-state index is -1.44. The summed E-state index contributed by atoms with van der Waals surface area (Å²) < 4.78 is 5.43. The summed E-state index contributed by atoms with van der Waals surface area (Å²) in [6, 6.07) is 2.73. The summed E-state index contributed by atoms with van der Waals surface area (Å²) >= 11 is 1.07. The molecule has 1 aromatic heterocycles. The van der Waals surface area contributed by atoms with Crippen molar-refractivity contribution >= 4 is 22.7 Å². The number of fused-ring (bicyclic) bond motifs is 1. The van der Waals surface area contributed by atoms with E-state index in [0.29, 0.717) is 15.8 Å². The molecule has 8 nitrogen and oxygen atoms in total. The second-order valence-corrected chi connectivity index (χ2v) is 6.49. The minimum Gasteiger partial charge on any atom is -0.504 e. The van der Waals surface area contributed by atoms with Crippen molar-refractivity contribution in [1.29, 1.82) is 0 Å². The lowest BCUT2D eigenvalue weighted by Gasteiger charge is -2.39. The van der Waals surface area contributed by atoms with Gasteiger partial charge in [-0.1, -0.05) is 11.8 Å². The second kappa shape index (κ2) is 6.19. The van der Waals surface area contributed by atoms with Gasteiger partial charge in [-0.15, -0.1) is 0 Å². The van der Waals surface area contributed by atoms with E-state index in [1.165, 1.54) is 12.1 Å². The SMILES string of the molecule is OC[C@H]1O[C@@H](Sc2c[nH]c3cc(O)c(O)cc23)[C@H](O)[C@@H](O)[C@H]1O. The molecule has 1 aliphatic heterocycles. The van der Waals surface area contributed by atoms with Crippen molar-refractivity contribution in [3.63, 3.8) is 0 Å². The Labute approximate surface area is 135 Å². The predicted molar refractivity (Wildman–Crippen MR) is 81.3 cm³/mol. The van der Waals surface area contributed by atoms with Crippen LogP contribution in [0.15, 0.2) is 23.2 Å². The van der Waals surface area contributed by atoms with Crippen molar-refractivity contribution in [2.24, 2.45) is 0 Å². The molecule has 0 spiro atoms. The summed E-state index contributed by atoms with van der Waals surface area (Å²) in [5.41, 5.74) is -0.340. The molecule has 0 radical (unpaired) electrons. The molecule has 0 saturated carbocycles. The Kier molecular flexibility index (Phi) is 4.41. The molecular weight excluding hydrogens is 326 g/mol. The van der Waals surface area contributed by atoms with Gasteiger partial charge < -0.3 is 40.4 Å². The molecule has 23 heavy (non-hydrogen) atoms. The lowest BCUT2D eigenvalue weighted by molar-refractivity contribution is -0.205. The highest BCUT2D eigenvalue weighted by atomic mass is 32.2. The number of hydrogen-bond donors (Lipinski definition) is 7. The highest BCUT2D eigenvalue weighted by Gasteiger charge is 2.43. The number of aromatic hydroxyl groups is 2. The molecule has 0 unspecified atom stereocenters. The number of aromatic nitrogens is 1. The number of thioether (sulfide) groups is 1. The largest absolute Gasteiger partial charge is 0.504 e. The standard InChI is InChI=1S/C14H17NO7S/c16-4-9-11(19)12(20)13(21)14(22-9)23-10-3-15-6-2-8(18)7(17)1-5(6)10/h1-3,9,11-21H,4H2/t9-,11+,12+,13-,14+/m1/s1. The van der Waals surface area contributed by atoms with Gasteiger partial charge in [0.1, 0.15) is 29.9 Å². The average Bonchev–Trinajstić information content (AvgIpc) is 2.90. The zero-order chi connectivity index (χ0) is 16.7. The molecule has 0 aliphatic carbocycles. The first-order valence-electron chi connectivity index (χ1n) is 6.92. The fourth-order valence-corrected chi connectivity index (χ4v) is 3.68. The molecule has 0 amide bonds. The van der Waals surface area contributed by atoms with Crippen molar-refractivity contribution in [2.45, 2.75) is 34.7 Å². The topological polar surface area (TPSA) is 146 Å². The fourth-order valence-electron chi connectivity index (χ4n) is 2.51. The van der Waals surface area contributed by atoms with Crippen molar-refractivity contribution in [2.75, 3.05) is 6.61 Å². The Morgan fingerprint density at radius 3 is 2.43 bits per heavy atom. The van der Waals surface area contributed by atoms with Crippen molar-refractivity contribution in [3.05, 3.63) is 18.3 Å². The van der Waals surface area contributed by atoms with E-state index in [1.54, 1.807) is 6.20 Å². The van der Waals surface area contributed by atoms with Crippen LogP contribution >= 0.6 is 11.8 Å². The van der Waals surface area contributed by atoms with Gasteiger partial charge in [-0.2, -0.15) is 0 Å². The van der Waals surface area contributed by atoms with Gasteiger partial charge in [0.25, 0.3) is 0 Å². The molecule has 1 aromatic carbocycles. The van der Waals surface area contributed by atoms with E-state index < -0.39 is 36.5 Å². The quantitative estimate of drug-likeness (QED) is 0.368. The molecule has 1 fully saturated rings. The van der Waals surface area contributed by atoms with Crippen LogP contribution in [0.3, 0.4) is 0 Å². The van der Waals surface area contributed by atoms with E-state index in [9.17, 15) is 30.6 Å². The van der Waals surface area contributed by atoms with Crippen LogP contribution in [-0.2, 0) is 4.74 Å². The number of aliphatic hydroxyl groups excluding tert-OH is 4. The summed E-state index contributed by atoms with van der Waals surface area (Å²) in [4.78, 5) is 3.53. The number of phenolic OH excluding ortho intramolecular Hbond substituents is 2. The Morgan fingerprint density at radius 2 is 1.74 bits per heavy atom. The lowest BCUT2D eigenvalue weighted by Crippen LogP contribution is -2.57. The maximum absolute atomic E-state index is 10.1. The molecular formula is C14H17NO7S. The number of benzene rings is 1. The maximum Gasteiger partial charge on any atom is 0.159 e. The Morgan fingerprint density at radius 1 is 1.04 bits per heavy atom. The van der Waals surface area contributed by atoms with Crippen molar-refractivity contribution in [3.8, 4) is 11.5 Å². The first-order valence-corrected chi connectivity index (χ1v) is 7.80. The molecule has 1 aliphatic rings. The van der Waals surface area contributed by atoms with Crippen LogP contribution in [0, 0.1) is 0 Å². The van der Waals surface area contributed by atoms with Crippen LogP contribution < -0.4 is 0 Å². The average molecular weight is 343 g/mol. The number of rotatable bonds is 3. The summed E-state index contributed by atoms with van der Waals surface area (Å²) in [5, 5.41) is 58.5. The highest BCUT2D eigenvalue weighted by Crippen LogP contribution is 2.39. The van der Waals surface area contributed by atoms with Crippen LogP contribution in [0.2, 0.25) is 0 Å². The zero-order valence-electron chi connectivity index (χ0n) is 11.8. The molecule has 2 aromatic rings. The summed E-state index contributed by atoms with van der Waals surface area (Å²) in [6.07, 6.45) is -3.57. The van der Waals surface area contributed by atoms with Gasteiger partial charge in [-0.25, -0.2) is 0 Å². The first-order chi connectivity index (χ1) is 10.9. The Hall–Kier alpha value is -1.49. The Balaban J connectivity index is 1.88. The third-order valence-electron chi connectivity index (χ3n) is 3.83. The van der Waals surface area contributed by atoms with Crippen LogP contribution in [0.4, 0.5) is 0 Å². The summed E-state index contributed by atoms with van der Waals surface area (Å²) in [5.74, 6) is -0.545. The van der Waals surface area contributed by atoms with E-state index in [-0.39, 0.29) is 11.5 Å². The third-order valence-corrected chi connectivity index (χ3v) is 5.04. The van der Waals surface area contributed by atoms with Gasteiger partial charge in [-0.05, 0) is 6.07 Å². The molecule has 3 rings (SSSR count). The molecule has 2 heterocycles. The van der Waals surface area contributed by atoms with E-state index >= 15 is 0 Å². The van der Waals surface area contributed by atoms with Gasteiger partial charge in [0.05, 0.1) is 12.1 Å². The molecule has 126 valence electrons. The van der Waals surface area contributed by atoms with Gasteiger partial charge in [-0.3, -0.25) is 0 Å². The van der Waals surface area contributed by atoms with Crippen molar-refractivity contribution < 1.29 is 35.4 Å². The first kappa shape index (κ1) is 16.4. The van der Waals surface area contributed by atoms with Gasteiger partial charge >= 0.3 is 0 Å². The maximum atomic E-state index is 10.1. The van der Waals surface area contributed by atoms with Gasteiger partial charge in [0, 0.05) is 22.5 Å². The molecule has 0 bridgehead atoms. The Bertz CT molecular complexity index is 704. The number of aliphatic hydroxyl groups is 4.